The van der Waals surface area contributed by atoms with Gasteiger partial charge >= 0.3 is 0 Å². The highest BCUT2D eigenvalue weighted by atomic mass is 15.3. The predicted molar refractivity (Wildman–Crippen MR) is 74.4 cm³/mol. The molecule has 1 heterocycles. The van der Waals surface area contributed by atoms with E-state index in [0.29, 0.717) is 0 Å². The van der Waals surface area contributed by atoms with Gasteiger partial charge in [0.25, 0.3) is 0 Å². The molecule has 100 valence electrons. The van der Waals surface area contributed by atoms with E-state index in [1.54, 1.807) is 6.33 Å². The second-order valence-electron chi connectivity index (χ2n) is 4.91. The number of aromatic nitrogens is 2. The maximum Gasteiger partial charge on any atom is 0.148 e. The highest BCUT2D eigenvalue weighted by Crippen LogP contribution is 2.32. The first kappa shape index (κ1) is 13.1. The molecule has 5 heteroatoms. The van der Waals surface area contributed by atoms with Crippen molar-refractivity contribution in [3.8, 4) is 0 Å². The van der Waals surface area contributed by atoms with Gasteiger partial charge in [0, 0.05) is 18.7 Å². The van der Waals surface area contributed by atoms with Crippen LogP contribution >= 0.6 is 0 Å². The fraction of sp³-hybridized carbons (Fsp3) is 0.692. The first-order chi connectivity index (χ1) is 8.80. The molecule has 0 saturated heterocycles. The smallest absolute Gasteiger partial charge is 0.148 e. The average molecular weight is 249 g/mol. The standard InChI is InChI=1S/C13H23N5/c1-3-7-18(8-10-5-6-10)13-11(4-2)12(17-14)15-9-16-13/h9-10H,3-8,14H2,1-2H3,(H,15,16,17). The van der Waals surface area contributed by atoms with Crippen molar-refractivity contribution in [3.05, 3.63) is 11.9 Å². The molecule has 1 aromatic heterocycles. The van der Waals surface area contributed by atoms with Crippen molar-refractivity contribution in [1.82, 2.24) is 9.97 Å². The molecular weight excluding hydrogens is 226 g/mol. The molecule has 1 saturated carbocycles. The summed E-state index contributed by atoms with van der Waals surface area (Å²) in [5, 5.41) is 0. The molecule has 0 aromatic carbocycles. The van der Waals surface area contributed by atoms with E-state index in [-0.39, 0.29) is 0 Å². The lowest BCUT2D eigenvalue weighted by molar-refractivity contribution is 0.693. The Morgan fingerprint density at radius 1 is 1.39 bits per heavy atom. The van der Waals surface area contributed by atoms with Gasteiger partial charge in [-0.15, -0.1) is 0 Å². The predicted octanol–water partition coefficient (Wildman–Crippen LogP) is 1.95. The number of rotatable bonds is 7. The van der Waals surface area contributed by atoms with Gasteiger partial charge in [-0.25, -0.2) is 15.8 Å². The van der Waals surface area contributed by atoms with Gasteiger partial charge in [0.15, 0.2) is 0 Å². The van der Waals surface area contributed by atoms with Crippen molar-refractivity contribution in [2.24, 2.45) is 11.8 Å². The number of hydrogen-bond acceptors (Lipinski definition) is 5. The van der Waals surface area contributed by atoms with Crippen LogP contribution in [0.15, 0.2) is 6.33 Å². The van der Waals surface area contributed by atoms with E-state index in [0.717, 1.165) is 49.0 Å². The monoisotopic (exact) mass is 249 g/mol. The SMILES string of the molecule is CCCN(CC1CC1)c1ncnc(NN)c1CC. The second-order valence-corrected chi connectivity index (χ2v) is 4.91. The lowest BCUT2D eigenvalue weighted by atomic mass is 10.2. The Bertz CT molecular complexity index is 389. The van der Waals surface area contributed by atoms with E-state index >= 15 is 0 Å². The average Bonchev–Trinajstić information content (AvgIpc) is 3.21. The quantitative estimate of drug-likeness (QED) is 0.571. The summed E-state index contributed by atoms with van der Waals surface area (Å²) in [4.78, 5) is 11.1. The van der Waals surface area contributed by atoms with Gasteiger partial charge in [0.05, 0.1) is 0 Å². The summed E-state index contributed by atoms with van der Waals surface area (Å²) in [5.74, 6) is 8.18. The minimum absolute atomic E-state index is 0.749. The molecule has 5 nitrogen and oxygen atoms in total. The number of nitrogen functional groups attached to an aromatic ring is 1. The Labute approximate surface area is 109 Å². The molecule has 1 aliphatic carbocycles. The summed E-state index contributed by atoms with van der Waals surface area (Å²) in [6.45, 7) is 6.48. The minimum Gasteiger partial charge on any atom is -0.356 e. The van der Waals surface area contributed by atoms with E-state index < -0.39 is 0 Å². The zero-order valence-electron chi connectivity index (χ0n) is 11.3. The summed E-state index contributed by atoms with van der Waals surface area (Å²) in [6, 6.07) is 0. The van der Waals surface area contributed by atoms with Crippen molar-refractivity contribution in [3.63, 3.8) is 0 Å². The van der Waals surface area contributed by atoms with E-state index in [1.165, 1.54) is 12.8 Å². The van der Waals surface area contributed by atoms with Gasteiger partial charge in [-0.1, -0.05) is 13.8 Å². The normalized spacial score (nSPS) is 14.6. The van der Waals surface area contributed by atoms with Crippen molar-refractivity contribution in [1.29, 1.82) is 0 Å². The van der Waals surface area contributed by atoms with E-state index in [9.17, 15) is 0 Å². The Morgan fingerprint density at radius 2 is 2.17 bits per heavy atom. The van der Waals surface area contributed by atoms with Gasteiger partial charge in [-0.2, -0.15) is 0 Å². The molecular formula is C13H23N5. The summed E-state index contributed by atoms with van der Waals surface area (Å²) in [5.41, 5.74) is 3.79. The zero-order chi connectivity index (χ0) is 13.0. The summed E-state index contributed by atoms with van der Waals surface area (Å²) in [7, 11) is 0. The first-order valence-corrected chi connectivity index (χ1v) is 6.85. The Kier molecular flexibility index (Phi) is 4.36. The molecule has 0 bridgehead atoms. The van der Waals surface area contributed by atoms with Crippen LogP contribution in [0, 0.1) is 5.92 Å². The molecule has 2 rings (SSSR count). The molecule has 0 aliphatic heterocycles. The lowest BCUT2D eigenvalue weighted by Crippen LogP contribution is -2.29. The number of hydrazine groups is 1. The summed E-state index contributed by atoms with van der Waals surface area (Å²) in [6.07, 6.45) is 6.33. The molecule has 0 unspecified atom stereocenters. The minimum atomic E-state index is 0.749. The van der Waals surface area contributed by atoms with Crippen LogP contribution in [0.25, 0.3) is 0 Å². The highest BCUT2D eigenvalue weighted by molar-refractivity contribution is 5.58. The molecule has 18 heavy (non-hydrogen) atoms. The van der Waals surface area contributed by atoms with Crippen LogP contribution < -0.4 is 16.2 Å². The molecule has 1 aliphatic rings. The maximum absolute atomic E-state index is 5.52. The van der Waals surface area contributed by atoms with Crippen LogP contribution in [0.2, 0.25) is 0 Å². The van der Waals surface area contributed by atoms with Crippen LogP contribution in [0.4, 0.5) is 11.6 Å². The van der Waals surface area contributed by atoms with Crippen LogP contribution in [0.1, 0.15) is 38.7 Å². The second kappa shape index (κ2) is 6.00. The molecule has 0 amide bonds. The van der Waals surface area contributed by atoms with Crippen molar-refractivity contribution >= 4 is 11.6 Å². The van der Waals surface area contributed by atoms with E-state index in [4.69, 9.17) is 5.84 Å². The van der Waals surface area contributed by atoms with Gasteiger partial charge < -0.3 is 10.3 Å². The zero-order valence-corrected chi connectivity index (χ0v) is 11.3. The number of nitrogens with one attached hydrogen (secondary N) is 1. The summed E-state index contributed by atoms with van der Waals surface area (Å²) >= 11 is 0. The van der Waals surface area contributed by atoms with Crippen molar-refractivity contribution < 1.29 is 0 Å². The fourth-order valence-corrected chi connectivity index (χ4v) is 2.29. The van der Waals surface area contributed by atoms with E-state index in [2.05, 4.69) is 34.1 Å². The van der Waals surface area contributed by atoms with Crippen molar-refractivity contribution in [2.75, 3.05) is 23.4 Å². The number of hydrogen-bond donors (Lipinski definition) is 2. The molecule has 0 radical (unpaired) electrons. The van der Waals surface area contributed by atoms with Crippen LogP contribution in [-0.4, -0.2) is 23.1 Å². The van der Waals surface area contributed by atoms with E-state index in [1.807, 2.05) is 0 Å². The molecule has 0 atom stereocenters. The lowest BCUT2D eigenvalue weighted by Gasteiger charge is -2.25. The Balaban J connectivity index is 2.26. The van der Waals surface area contributed by atoms with Gasteiger partial charge in [-0.3, -0.25) is 0 Å². The van der Waals surface area contributed by atoms with Crippen LogP contribution in [0.5, 0.6) is 0 Å². The largest absolute Gasteiger partial charge is 0.356 e. The molecule has 1 fully saturated rings. The third kappa shape index (κ3) is 2.90. The number of anilines is 2. The van der Waals surface area contributed by atoms with Gasteiger partial charge in [-0.05, 0) is 31.6 Å². The Morgan fingerprint density at radius 3 is 2.72 bits per heavy atom. The molecule has 3 N–H and O–H groups in total. The number of nitrogens with two attached hydrogens (primary N) is 1. The number of nitrogens with zero attached hydrogens (tertiary/aromatic N) is 3. The molecule has 0 spiro atoms. The van der Waals surface area contributed by atoms with Crippen LogP contribution in [0.3, 0.4) is 0 Å². The molecule has 1 aromatic rings. The maximum atomic E-state index is 5.52. The topological polar surface area (TPSA) is 67.1 Å². The van der Waals surface area contributed by atoms with Gasteiger partial charge in [0.1, 0.15) is 18.0 Å². The summed E-state index contributed by atoms with van der Waals surface area (Å²) < 4.78 is 0. The third-order valence-corrected chi connectivity index (χ3v) is 3.38. The third-order valence-electron chi connectivity index (χ3n) is 3.38. The highest BCUT2D eigenvalue weighted by Gasteiger charge is 2.26. The fourth-order valence-electron chi connectivity index (χ4n) is 2.29. The first-order valence-electron chi connectivity index (χ1n) is 6.85. The Hall–Kier alpha value is -1.36. The van der Waals surface area contributed by atoms with Crippen LogP contribution in [-0.2, 0) is 6.42 Å². The van der Waals surface area contributed by atoms with Crippen molar-refractivity contribution in [2.45, 2.75) is 39.5 Å². The van der Waals surface area contributed by atoms with Gasteiger partial charge in [0.2, 0.25) is 0 Å².